The first-order valence-corrected chi connectivity index (χ1v) is 12.5. The number of furan rings is 1. The van der Waals surface area contributed by atoms with Gasteiger partial charge in [0.2, 0.25) is 0 Å². The van der Waals surface area contributed by atoms with Gasteiger partial charge < -0.3 is 4.42 Å². The summed E-state index contributed by atoms with van der Waals surface area (Å²) < 4.78 is 103. The Morgan fingerprint density at radius 2 is 1.00 bits per heavy atom. The van der Waals surface area contributed by atoms with Crippen molar-refractivity contribution in [2.24, 2.45) is 0 Å². The molecule has 1 heterocycles. The van der Waals surface area contributed by atoms with Crippen LogP contribution < -0.4 is 0 Å². The molecule has 8 rings (SSSR count). The van der Waals surface area contributed by atoms with Gasteiger partial charge in [0.15, 0.2) is 0 Å². The number of para-hydroxylation sites is 1. The molecule has 0 saturated heterocycles. The lowest BCUT2D eigenvalue weighted by molar-refractivity contribution is 0.669. The molecule has 0 atom stereocenters. The molecule has 8 aromatic rings. The van der Waals surface area contributed by atoms with E-state index in [4.69, 9.17) is 16.8 Å². The lowest BCUT2D eigenvalue weighted by Crippen LogP contribution is -1.93. The molecule has 0 aliphatic carbocycles. The van der Waals surface area contributed by atoms with Crippen LogP contribution in [0.5, 0.6) is 0 Å². The van der Waals surface area contributed by atoms with Crippen LogP contribution in [0.3, 0.4) is 0 Å². The molecule has 0 spiro atoms. The molecule has 0 radical (unpaired) electrons. The number of rotatable bonds is 3. The summed E-state index contributed by atoms with van der Waals surface area (Å²) in [6.07, 6.45) is 0. The zero-order valence-electron chi connectivity index (χ0n) is 31.4. The van der Waals surface area contributed by atoms with Gasteiger partial charge in [0.25, 0.3) is 0 Å². The van der Waals surface area contributed by atoms with Crippen molar-refractivity contribution in [1.29, 1.82) is 0 Å². The molecule has 39 heavy (non-hydrogen) atoms. The number of fused-ring (bicyclic) bond motifs is 5. The molecule has 1 nitrogen and oxygen atoms in total. The highest BCUT2D eigenvalue weighted by Crippen LogP contribution is 2.47. The van der Waals surface area contributed by atoms with Gasteiger partial charge in [-0.25, -0.2) is 0 Å². The minimum absolute atomic E-state index is 0.0385. The Bertz CT molecular complexity index is 2680. The van der Waals surface area contributed by atoms with Crippen molar-refractivity contribution >= 4 is 43.5 Å². The average Bonchev–Trinajstić information content (AvgIpc) is 3.55. The van der Waals surface area contributed by atoms with Crippen molar-refractivity contribution in [3.05, 3.63) is 145 Å². The fourth-order valence-electron chi connectivity index (χ4n) is 5.45. The molecule has 1 heteroatoms. The summed E-state index contributed by atoms with van der Waals surface area (Å²) in [4.78, 5) is 0. The maximum atomic E-state index is 9.86. The van der Waals surface area contributed by atoms with Crippen LogP contribution in [-0.4, -0.2) is 0 Å². The highest BCUT2D eigenvalue weighted by Gasteiger charge is 2.20. The van der Waals surface area contributed by atoms with Crippen molar-refractivity contribution in [2.45, 2.75) is 0 Å². The molecule has 182 valence electrons. The second-order valence-electron chi connectivity index (χ2n) is 9.22. The van der Waals surface area contributed by atoms with E-state index in [0.717, 1.165) is 21.9 Å². The SMILES string of the molecule is [2H]c1c([2H])c([2H])c(-c2c(-c3c4ccccc4c(-c4ccccc4)c4ccccc34)c([2H])c3c(oc4c([2H])c([2H])c([2H])c([2H])c43)c2[2H])c([2H])c1[2H]. The largest absolute Gasteiger partial charge is 0.456 e. The van der Waals surface area contributed by atoms with E-state index in [1.165, 1.54) is 0 Å². The van der Waals surface area contributed by atoms with Crippen LogP contribution in [0.2, 0.25) is 0 Å². The molecule has 1 aromatic heterocycles. The van der Waals surface area contributed by atoms with Gasteiger partial charge in [0.1, 0.15) is 11.2 Å². The summed E-state index contributed by atoms with van der Waals surface area (Å²) in [6.45, 7) is 0. The summed E-state index contributed by atoms with van der Waals surface area (Å²) in [5.41, 5.74) is 1.46. The first kappa shape index (κ1) is 13.6. The first-order valence-electron chi connectivity index (χ1n) is 18.0. The van der Waals surface area contributed by atoms with Crippen LogP contribution in [0.15, 0.2) is 150 Å². The third-order valence-electron chi connectivity index (χ3n) is 7.07. The van der Waals surface area contributed by atoms with Gasteiger partial charge in [-0.05, 0) is 73.1 Å². The van der Waals surface area contributed by atoms with Gasteiger partial charge >= 0.3 is 0 Å². The zero-order valence-corrected chi connectivity index (χ0v) is 20.4. The van der Waals surface area contributed by atoms with Gasteiger partial charge in [0, 0.05) is 10.8 Å². The summed E-state index contributed by atoms with van der Waals surface area (Å²) in [7, 11) is 0. The molecule has 0 bridgehead atoms. The van der Waals surface area contributed by atoms with Gasteiger partial charge in [-0.15, -0.1) is 0 Å². The van der Waals surface area contributed by atoms with E-state index in [1.807, 2.05) is 78.9 Å². The van der Waals surface area contributed by atoms with E-state index in [1.54, 1.807) is 0 Å². The second-order valence-corrected chi connectivity index (χ2v) is 9.22. The van der Waals surface area contributed by atoms with Crippen molar-refractivity contribution in [3.8, 4) is 33.4 Å². The lowest BCUT2D eigenvalue weighted by atomic mass is 9.83. The molecule has 0 saturated carbocycles. The van der Waals surface area contributed by atoms with Crippen molar-refractivity contribution in [1.82, 2.24) is 0 Å². The standard InChI is InChI=1S/C38H24O/c1-3-13-25(14-4-1)32-24-36-33(27-17-11-12-22-35(27)39-36)23-34(32)38-30-20-9-7-18-28(30)37(26-15-5-2-6-16-26)29-19-8-10-21-31(29)38/h1-24H/i1D,3D,4D,11D,12D,13D,14D,17D,22D,23D,24D. The normalized spacial score (nSPS) is 15.5. The Labute approximate surface area is 242 Å². The summed E-state index contributed by atoms with van der Waals surface area (Å²) >= 11 is 0. The van der Waals surface area contributed by atoms with E-state index < -0.39 is 60.4 Å². The van der Waals surface area contributed by atoms with Crippen LogP contribution >= 0.6 is 0 Å². The number of hydrogen-bond acceptors (Lipinski definition) is 1. The van der Waals surface area contributed by atoms with E-state index in [9.17, 15) is 2.74 Å². The predicted molar refractivity (Wildman–Crippen MR) is 165 cm³/mol. The van der Waals surface area contributed by atoms with E-state index in [2.05, 4.69) is 0 Å². The highest BCUT2D eigenvalue weighted by atomic mass is 16.3. The number of benzene rings is 7. The lowest BCUT2D eigenvalue weighted by Gasteiger charge is -2.20. The minimum atomic E-state index is -0.615. The molecule has 0 amide bonds. The van der Waals surface area contributed by atoms with Crippen LogP contribution in [-0.2, 0) is 0 Å². The smallest absolute Gasteiger partial charge is 0.136 e. The fourth-order valence-corrected chi connectivity index (χ4v) is 5.45. The third kappa shape index (κ3) is 3.41. The molecular formula is C38H24O. The Morgan fingerprint density at radius 3 is 1.69 bits per heavy atom. The monoisotopic (exact) mass is 507 g/mol. The van der Waals surface area contributed by atoms with Crippen molar-refractivity contribution < 1.29 is 19.5 Å². The first-order chi connectivity index (χ1) is 24.0. The van der Waals surface area contributed by atoms with Crippen LogP contribution in [0.25, 0.3) is 76.9 Å². The van der Waals surface area contributed by atoms with Crippen LogP contribution in [0.1, 0.15) is 15.1 Å². The van der Waals surface area contributed by atoms with Gasteiger partial charge in [-0.3, -0.25) is 0 Å². The maximum Gasteiger partial charge on any atom is 0.136 e. The molecular weight excluding hydrogens is 472 g/mol. The molecule has 7 aromatic carbocycles. The Morgan fingerprint density at radius 1 is 0.410 bits per heavy atom. The van der Waals surface area contributed by atoms with Gasteiger partial charge in [-0.1, -0.05) is 127 Å². The van der Waals surface area contributed by atoms with Gasteiger partial charge in [0.05, 0.1) is 15.1 Å². The molecule has 0 aliphatic rings. The Kier molecular flexibility index (Phi) is 3.04. The average molecular weight is 508 g/mol. The van der Waals surface area contributed by atoms with E-state index in [-0.39, 0.29) is 44.7 Å². The topological polar surface area (TPSA) is 13.1 Å². The Hall–Kier alpha value is -5.14. The zero-order chi connectivity index (χ0) is 35.3. The summed E-state index contributed by atoms with van der Waals surface area (Å²) in [5.74, 6) is 0. The summed E-state index contributed by atoms with van der Waals surface area (Å²) in [5, 5.41) is 2.84. The van der Waals surface area contributed by atoms with Crippen molar-refractivity contribution in [2.75, 3.05) is 0 Å². The number of hydrogen-bond donors (Lipinski definition) is 0. The fraction of sp³-hybridized carbons (Fsp3) is 0. The quantitative estimate of drug-likeness (QED) is 0.217. The van der Waals surface area contributed by atoms with Crippen molar-refractivity contribution in [3.63, 3.8) is 0 Å². The van der Waals surface area contributed by atoms with E-state index in [0.29, 0.717) is 16.3 Å². The second kappa shape index (κ2) is 8.72. The Balaban J connectivity index is 1.69. The predicted octanol–water partition coefficient (Wildman–Crippen LogP) is 10.9. The molecule has 0 fully saturated rings. The molecule has 0 aliphatic heterocycles. The maximum absolute atomic E-state index is 9.86. The van der Waals surface area contributed by atoms with Gasteiger partial charge in [-0.2, -0.15) is 0 Å². The molecule has 0 N–H and O–H groups in total. The van der Waals surface area contributed by atoms with E-state index >= 15 is 0 Å². The third-order valence-corrected chi connectivity index (χ3v) is 7.07. The highest BCUT2D eigenvalue weighted by molar-refractivity contribution is 6.23. The summed E-state index contributed by atoms with van der Waals surface area (Å²) in [6, 6.07) is 19.3. The minimum Gasteiger partial charge on any atom is -0.456 e. The molecule has 0 unspecified atom stereocenters. The van der Waals surface area contributed by atoms with Crippen LogP contribution in [0, 0.1) is 0 Å². The van der Waals surface area contributed by atoms with Crippen LogP contribution in [0.4, 0.5) is 0 Å².